The summed E-state index contributed by atoms with van der Waals surface area (Å²) in [4.78, 5) is 9.82. The van der Waals surface area contributed by atoms with Crippen molar-refractivity contribution in [3.8, 4) is 10.7 Å². The summed E-state index contributed by atoms with van der Waals surface area (Å²) in [5.41, 5.74) is 0.938. The summed E-state index contributed by atoms with van der Waals surface area (Å²) in [6.45, 7) is 3.93. The lowest BCUT2D eigenvalue weighted by atomic mass is 10.3. The molecule has 0 radical (unpaired) electrons. The summed E-state index contributed by atoms with van der Waals surface area (Å²) in [5, 5.41) is 17.6. The molecule has 0 aliphatic heterocycles. The summed E-state index contributed by atoms with van der Waals surface area (Å²) < 4.78 is 11.0. The molecule has 7 nitrogen and oxygen atoms in total. The van der Waals surface area contributed by atoms with Crippen molar-refractivity contribution >= 4 is 34.4 Å². The van der Waals surface area contributed by atoms with Gasteiger partial charge in [0.05, 0.1) is 27.2 Å². The number of hydrogen-bond acceptors (Lipinski definition) is 10. The topological polar surface area (TPSA) is 90.7 Å². The van der Waals surface area contributed by atoms with Crippen LogP contribution in [0.1, 0.15) is 34.7 Å². The Morgan fingerprint density at radius 3 is 2.92 bits per heavy atom. The van der Waals surface area contributed by atoms with Crippen LogP contribution in [0.25, 0.3) is 10.7 Å². The highest BCUT2D eigenvalue weighted by molar-refractivity contribution is 7.99. The zero-order chi connectivity index (χ0) is 17.2. The molecule has 4 aromatic rings. The Kier molecular flexibility index (Phi) is 4.64. The van der Waals surface area contributed by atoms with Crippen molar-refractivity contribution in [2.24, 2.45) is 0 Å². The normalized spacial score (nSPS) is 12.6. The lowest BCUT2D eigenvalue weighted by Crippen LogP contribution is -1.88. The minimum absolute atomic E-state index is 0.0870. The molecule has 0 spiro atoms. The minimum Gasteiger partial charge on any atom is -0.416 e. The van der Waals surface area contributed by atoms with Gasteiger partial charge < -0.3 is 8.94 Å². The van der Waals surface area contributed by atoms with Crippen molar-refractivity contribution in [2.45, 2.75) is 30.7 Å². The molecule has 4 aromatic heterocycles. The summed E-state index contributed by atoms with van der Waals surface area (Å²) in [7, 11) is 0. The lowest BCUT2D eigenvalue weighted by molar-refractivity contribution is 0.378. The summed E-state index contributed by atoms with van der Waals surface area (Å²) in [5.74, 6) is 1.68. The first-order valence-corrected chi connectivity index (χ1v) is 10.1. The molecule has 128 valence electrons. The van der Waals surface area contributed by atoms with Crippen molar-refractivity contribution in [2.75, 3.05) is 0 Å². The van der Waals surface area contributed by atoms with Crippen molar-refractivity contribution in [1.29, 1.82) is 0 Å². The van der Waals surface area contributed by atoms with E-state index in [2.05, 4.69) is 25.3 Å². The van der Waals surface area contributed by atoms with Crippen LogP contribution in [0.3, 0.4) is 0 Å². The summed E-state index contributed by atoms with van der Waals surface area (Å²) in [6.07, 6.45) is 0.537. The Bertz CT molecular complexity index is 960. The molecule has 25 heavy (non-hydrogen) atoms. The van der Waals surface area contributed by atoms with Gasteiger partial charge in [0.15, 0.2) is 0 Å². The second kappa shape index (κ2) is 7.06. The van der Waals surface area contributed by atoms with Gasteiger partial charge in [-0.05, 0) is 25.3 Å². The minimum atomic E-state index is -0.0870. The van der Waals surface area contributed by atoms with Gasteiger partial charge in [0.25, 0.3) is 5.22 Å². The van der Waals surface area contributed by atoms with Crippen LogP contribution < -0.4 is 0 Å². The number of thioether (sulfide) groups is 1. The fourth-order valence-corrected chi connectivity index (χ4v) is 4.10. The van der Waals surface area contributed by atoms with Crippen LogP contribution in [0.2, 0.25) is 0 Å². The molecule has 4 rings (SSSR count). The van der Waals surface area contributed by atoms with Crippen LogP contribution in [-0.2, 0) is 6.42 Å². The molecule has 0 fully saturated rings. The van der Waals surface area contributed by atoms with Crippen molar-refractivity contribution in [3.63, 3.8) is 0 Å². The lowest BCUT2D eigenvalue weighted by Gasteiger charge is -2.00. The van der Waals surface area contributed by atoms with Gasteiger partial charge in [0.1, 0.15) is 0 Å². The molecular formula is C15H13N5O2S3. The van der Waals surface area contributed by atoms with Crippen molar-refractivity contribution < 1.29 is 8.94 Å². The zero-order valence-corrected chi connectivity index (χ0v) is 15.8. The molecule has 1 unspecified atom stereocenters. The van der Waals surface area contributed by atoms with Crippen LogP contribution in [0.5, 0.6) is 0 Å². The summed E-state index contributed by atoms with van der Waals surface area (Å²) >= 11 is 4.57. The van der Waals surface area contributed by atoms with Gasteiger partial charge in [-0.2, -0.15) is 4.98 Å². The Hall–Kier alpha value is -2.04. The van der Waals surface area contributed by atoms with Gasteiger partial charge in [-0.25, -0.2) is 4.98 Å². The molecule has 0 saturated carbocycles. The van der Waals surface area contributed by atoms with E-state index in [0.29, 0.717) is 29.2 Å². The van der Waals surface area contributed by atoms with E-state index in [0.717, 1.165) is 15.6 Å². The average molecular weight is 392 g/mol. The maximum absolute atomic E-state index is 5.69. The number of aryl methyl sites for hydroxylation is 1. The van der Waals surface area contributed by atoms with E-state index in [9.17, 15) is 0 Å². The second-order valence-electron chi connectivity index (χ2n) is 5.19. The SMILES string of the molecule is Cc1nc(Cc2nnc(SC(C)c3nc(-c4cccs4)no3)o2)cs1. The standard InChI is InChI=1S/C15H13N5O2S3/c1-8(14-17-13(20-22-14)11-4-3-5-23-11)25-15-19-18-12(21-15)6-10-7-24-9(2)16-10/h3-5,7-8H,6H2,1-2H3. The van der Waals surface area contributed by atoms with Crippen LogP contribution in [0, 0.1) is 6.92 Å². The highest BCUT2D eigenvalue weighted by Crippen LogP contribution is 2.34. The van der Waals surface area contributed by atoms with Crippen LogP contribution in [0.15, 0.2) is 37.1 Å². The third kappa shape index (κ3) is 3.80. The van der Waals surface area contributed by atoms with Crippen molar-refractivity contribution in [1.82, 2.24) is 25.3 Å². The Balaban J connectivity index is 1.42. The number of thiophene rings is 1. The number of rotatable bonds is 6. The fraction of sp³-hybridized carbons (Fsp3) is 0.267. The third-order valence-corrected chi connectivity index (χ3v) is 5.87. The highest BCUT2D eigenvalue weighted by Gasteiger charge is 2.20. The maximum Gasteiger partial charge on any atom is 0.277 e. The van der Waals surface area contributed by atoms with Gasteiger partial charge in [0.2, 0.25) is 17.6 Å². The number of nitrogens with zero attached hydrogens (tertiary/aromatic N) is 5. The average Bonchev–Trinajstić information content (AvgIpc) is 3.35. The largest absolute Gasteiger partial charge is 0.416 e. The molecule has 0 aliphatic rings. The zero-order valence-electron chi connectivity index (χ0n) is 13.4. The third-order valence-electron chi connectivity index (χ3n) is 3.26. The Labute approximate surface area is 155 Å². The molecule has 0 N–H and O–H groups in total. The predicted octanol–water partition coefficient (Wildman–Crippen LogP) is 4.39. The van der Waals surface area contributed by atoms with Gasteiger partial charge in [-0.1, -0.05) is 23.0 Å². The molecular weight excluding hydrogens is 378 g/mol. The molecule has 1 atom stereocenters. The fourth-order valence-electron chi connectivity index (χ4n) is 2.11. The molecule has 0 aromatic carbocycles. The number of thiazole rings is 1. The van der Waals surface area contributed by atoms with Crippen LogP contribution in [-0.4, -0.2) is 25.3 Å². The van der Waals surface area contributed by atoms with E-state index in [-0.39, 0.29) is 5.25 Å². The molecule has 10 heteroatoms. The Morgan fingerprint density at radius 2 is 2.16 bits per heavy atom. The smallest absolute Gasteiger partial charge is 0.277 e. The van der Waals surface area contributed by atoms with Gasteiger partial charge in [0, 0.05) is 5.38 Å². The predicted molar refractivity (Wildman–Crippen MR) is 95.8 cm³/mol. The number of hydrogen-bond donors (Lipinski definition) is 0. The molecule has 0 aliphatic carbocycles. The quantitative estimate of drug-likeness (QED) is 0.447. The summed E-state index contributed by atoms with van der Waals surface area (Å²) in [6, 6.07) is 3.92. The van der Waals surface area contributed by atoms with E-state index in [1.165, 1.54) is 11.8 Å². The maximum atomic E-state index is 5.69. The van der Waals surface area contributed by atoms with E-state index < -0.39 is 0 Å². The molecule has 4 heterocycles. The van der Waals surface area contributed by atoms with Crippen molar-refractivity contribution in [3.05, 3.63) is 45.4 Å². The number of aromatic nitrogens is 5. The first-order chi connectivity index (χ1) is 12.2. The highest BCUT2D eigenvalue weighted by atomic mass is 32.2. The monoisotopic (exact) mass is 391 g/mol. The van der Waals surface area contributed by atoms with Crippen LogP contribution >= 0.6 is 34.4 Å². The Morgan fingerprint density at radius 1 is 1.24 bits per heavy atom. The van der Waals surface area contributed by atoms with Gasteiger partial charge in [-0.3, -0.25) is 0 Å². The van der Waals surface area contributed by atoms with E-state index in [1.54, 1.807) is 22.7 Å². The first-order valence-electron chi connectivity index (χ1n) is 7.45. The molecule has 0 amide bonds. The first kappa shape index (κ1) is 16.4. The van der Waals surface area contributed by atoms with Gasteiger partial charge >= 0.3 is 0 Å². The van der Waals surface area contributed by atoms with E-state index in [4.69, 9.17) is 8.94 Å². The van der Waals surface area contributed by atoms with E-state index >= 15 is 0 Å². The van der Waals surface area contributed by atoms with Gasteiger partial charge in [-0.15, -0.1) is 32.9 Å². The molecule has 0 saturated heterocycles. The second-order valence-corrected chi connectivity index (χ2v) is 8.49. The molecule has 0 bridgehead atoms. The van der Waals surface area contributed by atoms with E-state index in [1.807, 2.05) is 36.7 Å². The van der Waals surface area contributed by atoms with Crippen LogP contribution in [0.4, 0.5) is 0 Å².